The number of pyridine rings is 1. The van der Waals surface area contributed by atoms with Crippen LogP contribution in [0.1, 0.15) is 12.0 Å². The predicted molar refractivity (Wildman–Crippen MR) is 84.6 cm³/mol. The second kappa shape index (κ2) is 9.86. The molecular formula is C15H24N4O3. The molecule has 122 valence electrons. The lowest BCUT2D eigenvalue weighted by Gasteiger charge is -2.15. The molecule has 0 bridgehead atoms. The molecule has 0 unspecified atom stereocenters. The van der Waals surface area contributed by atoms with Crippen molar-refractivity contribution in [2.45, 2.75) is 13.3 Å². The molecule has 0 aliphatic carbocycles. The van der Waals surface area contributed by atoms with Gasteiger partial charge >= 0.3 is 0 Å². The SMILES string of the molecule is COCCCNC(=O)CN(C)CC(=O)Nc1cc(C)ccn1. The standard InChI is InChI=1S/C15H24N4O3/c1-12-5-7-16-13(9-12)18-15(21)11-19(2)10-14(20)17-6-4-8-22-3/h5,7,9H,4,6,8,10-11H2,1-3H3,(H,17,20)(H,16,18,21). The van der Waals surface area contributed by atoms with Gasteiger partial charge in [0.1, 0.15) is 5.82 Å². The highest BCUT2D eigenvalue weighted by Gasteiger charge is 2.11. The minimum atomic E-state index is -0.201. The number of carbonyl (C=O) groups excluding carboxylic acids is 2. The number of amides is 2. The number of ether oxygens (including phenoxy) is 1. The fourth-order valence-corrected chi connectivity index (χ4v) is 1.83. The van der Waals surface area contributed by atoms with E-state index in [0.717, 1.165) is 12.0 Å². The van der Waals surface area contributed by atoms with E-state index in [9.17, 15) is 9.59 Å². The van der Waals surface area contributed by atoms with Crippen LogP contribution in [0.25, 0.3) is 0 Å². The maximum atomic E-state index is 11.9. The third kappa shape index (κ3) is 7.70. The van der Waals surface area contributed by atoms with Gasteiger partial charge in [0.25, 0.3) is 0 Å². The monoisotopic (exact) mass is 308 g/mol. The normalized spacial score (nSPS) is 10.5. The van der Waals surface area contributed by atoms with Crippen molar-refractivity contribution >= 4 is 17.6 Å². The van der Waals surface area contributed by atoms with Crippen molar-refractivity contribution in [1.29, 1.82) is 0 Å². The molecular weight excluding hydrogens is 284 g/mol. The molecule has 7 nitrogen and oxygen atoms in total. The molecule has 0 aromatic carbocycles. The molecule has 2 N–H and O–H groups in total. The van der Waals surface area contributed by atoms with E-state index in [4.69, 9.17) is 4.74 Å². The van der Waals surface area contributed by atoms with E-state index in [1.807, 2.05) is 13.0 Å². The smallest absolute Gasteiger partial charge is 0.239 e. The summed E-state index contributed by atoms with van der Waals surface area (Å²) in [7, 11) is 3.34. The van der Waals surface area contributed by atoms with Crippen molar-refractivity contribution in [2.75, 3.05) is 45.7 Å². The zero-order valence-electron chi connectivity index (χ0n) is 13.4. The maximum Gasteiger partial charge on any atom is 0.239 e. The molecule has 1 rings (SSSR count). The summed E-state index contributed by atoms with van der Waals surface area (Å²) < 4.78 is 4.90. The Hall–Kier alpha value is -1.99. The fraction of sp³-hybridized carbons (Fsp3) is 0.533. The Morgan fingerprint density at radius 3 is 2.73 bits per heavy atom. The van der Waals surface area contributed by atoms with Crippen LogP contribution in [-0.2, 0) is 14.3 Å². The Morgan fingerprint density at radius 2 is 2.05 bits per heavy atom. The third-order valence-corrected chi connectivity index (χ3v) is 2.86. The highest BCUT2D eigenvalue weighted by atomic mass is 16.5. The molecule has 1 heterocycles. The highest BCUT2D eigenvalue weighted by molar-refractivity contribution is 5.91. The average Bonchev–Trinajstić information content (AvgIpc) is 2.43. The Balaban J connectivity index is 2.27. The van der Waals surface area contributed by atoms with Crippen LogP contribution >= 0.6 is 0 Å². The van der Waals surface area contributed by atoms with Crippen LogP contribution in [0.2, 0.25) is 0 Å². The lowest BCUT2D eigenvalue weighted by Crippen LogP contribution is -2.39. The summed E-state index contributed by atoms with van der Waals surface area (Å²) in [6, 6.07) is 3.65. The lowest BCUT2D eigenvalue weighted by molar-refractivity contribution is -0.123. The quantitative estimate of drug-likeness (QED) is 0.646. The van der Waals surface area contributed by atoms with Gasteiger partial charge in [-0.3, -0.25) is 14.5 Å². The molecule has 2 amide bonds. The maximum absolute atomic E-state index is 11.9. The van der Waals surface area contributed by atoms with Crippen molar-refractivity contribution in [1.82, 2.24) is 15.2 Å². The molecule has 0 atom stereocenters. The van der Waals surface area contributed by atoms with Gasteiger partial charge in [0.05, 0.1) is 13.1 Å². The number of likely N-dealkylation sites (N-methyl/N-ethyl adjacent to an activating group) is 1. The van der Waals surface area contributed by atoms with Crippen LogP contribution in [0.5, 0.6) is 0 Å². The van der Waals surface area contributed by atoms with Crippen LogP contribution in [0.3, 0.4) is 0 Å². The summed E-state index contributed by atoms with van der Waals surface area (Å²) in [6.07, 6.45) is 2.41. The summed E-state index contributed by atoms with van der Waals surface area (Å²) in [5, 5.41) is 5.48. The van der Waals surface area contributed by atoms with Gasteiger partial charge in [0.15, 0.2) is 0 Å². The van der Waals surface area contributed by atoms with Gasteiger partial charge in [0.2, 0.25) is 11.8 Å². The van der Waals surface area contributed by atoms with Gasteiger partial charge in [-0.2, -0.15) is 0 Å². The summed E-state index contributed by atoms with van der Waals surface area (Å²) in [5.41, 5.74) is 1.02. The highest BCUT2D eigenvalue weighted by Crippen LogP contribution is 2.04. The summed E-state index contributed by atoms with van der Waals surface area (Å²) in [5.74, 6) is 0.204. The Bertz CT molecular complexity index is 493. The number of nitrogens with one attached hydrogen (secondary N) is 2. The van der Waals surface area contributed by atoms with E-state index >= 15 is 0 Å². The largest absolute Gasteiger partial charge is 0.385 e. The number of hydrogen-bond donors (Lipinski definition) is 2. The molecule has 7 heteroatoms. The van der Waals surface area contributed by atoms with E-state index < -0.39 is 0 Å². The summed E-state index contributed by atoms with van der Waals surface area (Å²) in [6.45, 7) is 3.40. The van der Waals surface area contributed by atoms with Crippen molar-refractivity contribution in [3.05, 3.63) is 23.9 Å². The molecule has 0 aliphatic rings. The molecule has 22 heavy (non-hydrogen) atoms. The first kappa shape index (κ1) is 18.1. The van der Waals surface area contributed by atoms with Gasteiger partial charge in [-0.25, -0.2) is 4.98 Å². The Morgan fingerprint density at radius 1 is 1.32 bits per heavy atom. The van der Waals surface area contributed by atoms with Gasteiger partial charge < -0.3 is 15.4 Å². The number of hydrogen-bond acceptors (Lipinski definition) is 5. The van der Waals surface area contributed by atoms with Gasteiger partial charge in [-0.15, -0.1) is 0 Å². The predicted octanol–water partition coefficient (Wildman–Crippen LogP) is 0.413. The van der Waals surface area contributed by atoms with Gasteiger partial charge in [0, 0.05) is 26.5 Å². The van der Waals surface area contributed by atoms with Crippen molar-refractivity contribution in [3.8, 4) is 0 Å². The second-order valence-corrected chi connectivity index (χ2v) is 5.14. The number of nitrogens with zero attached hydrogens (tertiary/aromatic N) is 2. The van der Waals surface area contributed by atoms with E-state index in [-0.39, 0.29) is 24.9 Å². The van der Waals surface area contributed by atoms with Crippen molar-refractivity contribution < 1.29 is 14.3 Å². The van der Waals surface area contributed by atoms with Gasteiger partial charge in [-0.1, -0.05) is 0 Å². The minimum Gasteiger partial charge on any atom is -0.385 e. The molecule has 0 fully saturated rings. The van der Waals surface area contributed by atoms with E-state index in [1.54, 1.807) is 31.3 Å². The molecule has 0 saturated carbocycles. The number of anilines is 1. The third-order valence-electron chi connectivity index (χ3n) is 2.86. The van der Waals surface area contributed by atoms with Crippen LogP contribution < -0.4 is 10.6 Å². The number of methoxy groups -OCH3 is 1. The number of aryl methyl sites for hydroxylation is 1. The van der Waals surface area contributed by atoms with Crippen molar-refractivity contribution in [2.24, 2.45) is 0 Å². The zero-order chi connectivity index (χ0) is 16.4. The van der Waals surface area contributed by atoms with Crippen LogP contribution in [0.15, 0.2) is 18.3 Å². The number of rotatable bonds is 9. The zero-order valence-corrected chi connectivity index (χ0v) is 13.4. The number of carbonyl (C=O) groups is 2. The topological polar surface area (TPSA) is 83.6 Å². The lowest BCUT2D eigenvalue weighted by atomic mass is 10.3. The van der Waals surface area contributed by atoms with Crippen LogP contribution in [0.4, 0.5) is 5.82 Å². The van der Waals surface area contributed by atoms with Crippen molar-refractivity contribution in [3.63, 3.8) is 0 Å². The molecule has 0 aliphatic heterocycles. The molecule has 1 aromatic heterocycles. The van der Waals surface area contributed by atoms with E-state index in [1.165, 1.54) is 0 Å². The Kier molecular flexibility index (Phi) is 8.09. The summed E-state index contributed by atoms with van der Waals surface area (Å²) in [4.78, 5) is 29.3. The first-order chi connectivity index (χ1) is 10.5. The molecule has 0 saturated heterocycles. The molecule has 0 radical (unpaired) electrons. The molecule has 0 spiro atoms. The first-order valence-corrected chi connectivity index (χ1v) is 7.18. The van der Waals surface area contributed by atoms with E-state index in [0.29, 0.717) is 19.0 Å². The second-order valence-electron chi connectivity index (χ2n) is 5.14. The van der Waals surface area contributed by atoms with Crippen LogP contribution in [-0.4, -0.2) is 62.1 Å². The fourth-order valence-electron chi connectivity index (χ4n) is 1.83. The molecule has 1 aromatic rings. The number of aromatic nitrogens is 1. The Labute approximate surface area is 131 Å². The van der Waals surface area contributed by atoms with E-state index in [2.05, 4.69) is 15.6 Å². The average molecular weight is 308 g/mol. The summed E-state index contributed by atoms with van der Waals surface area (Å²) >= 11 is 0. The van der Waals surface area contributed by atoms with Crippen LogP contribution in [0, 0.1) is 6.92 Å². The first-order valence-electron chi connectivity index (χ1n) is 7.18. The van der Waals surface area contributed by atoms with Gasteiger partial charge in [-0.05, 0) is 38.1 Å². The minimum absolute atomic E-state index is 0.111.